The molecule has 2 heterocycles. The maximum Gasteiger partial charge on any atom is 0.229 e. The largest absolute Gasteiger partial charge is 0.353 e. The summed E-state index contributed by atoms with van der Waals surface area (Å²) in [5.41, 5.74) is 0.970. The van der Waals surface area contributed by atoms with Crippen molar-refractivity contribution in [1.29, 1.82) is 0 Å². The molecule has 2 aliphatic rings. The van der Waals surface area contributed by atoms with Gasteiger partial charge < -0.3 is 9.80 Å². The Balaban J connectivity index is 0.000000924. The van der Waals surface area contributed by atoms with Crippen LogP contribution in [0.4, 0.5) is 5.69 Å². The molecule has 2 saturated heterocycles. The van der Waals surface area contributed by atoms with Gasteiger partial charge in [0.1, 0.15) is 0 Å². The van der Waals surface area contributed by atoms with Crippen molar-refractivity contribution in [1.82, 2.24) is 9.80 Å². The summed E-state index contributed by atoms with van der Waals surface area (Å²) in [5.74, 6) is 1.97. The van der Waals surface area contributed by atoms with Crippen molar-refractivity contribution in [2.24, 2.45) is 9.98 Å². The van der Waals surface area contributed by atoms with E-state index in [1.54, 1.807) is 0 Å². The SMILES string of the molecule is CI.CN1CCSC1=NC(=Nc1ccccc1)N1CCCC1I. The molecule has 23 heavy (non-hydrogen) atoms. The fraction of sp³-hybridized carbons (Fsp3) is 0.500. The number of thioether (sulfide) groups is 1. The first-order chi connectivity index (χ1) is 11.2. The molecule has 0 radical (unpaired) electrons. The molecular weight excluding hydrogens is 534 g/mol. The van der Waals surface area contributed by atoms with Gasteiger partial charge in [-0.1, -0.05) is 75.1 Å². The highest BCUT2D eigenvalue weighted by molar-refractivity contribution is 14.1. The number of benzene rings is 1. The van der Waals surface area contributed by atoms with E-state index < -0.39 is 0 Å². The smallest absolute Gasteiger partial charge is 0.229 e. The van der Waals surface area contributed by atoms with Gasteiger partial charge in [-0.2, -0.15) is 4.99 Å². The van der Waals surface area contributed by atoms with Gasteiger partial charge in [0.2, 0.25) is 5.96 Å². The van der Waals surface area contributed by atoms with Gasteiger partial charge >= 0.3 is 0 Å². The average Bonchev–Trinajstić information content (AvgIpc) is 3.18. The van der Waals surface area contributed by atoms with Crippen LogP contribution in [0.3, 0.4) is 0 Å². The summed E-state index contributed by atoms with van der Waals surface area (Å²) < 4.78 is 0.492. The van der Waals surface area contributed by atoms with Crippen LogP contribution < -0.4 is 0 Å². The van der Waals surface area contributed by atoms with E-state index in [0.29, 0.717) is 4.05 Å². The Kier molecular flexibility index (Phi) is 8.45. The molecule has 2 aliphatic heterocycles. The Morgan fingerprint density at radius 1 is 1.22 bits per heavy atom. The number of hydrogen-bond donors (Lipinski definition) is 0. The maximum atomic E-state index is 4.86. The molecule has 126 valence electrons. The van der Waals surface area contributed by atoms with E-state index in [4.69, 9.17) is 9.98 Å². The summed E-state index contributed by atoms with van der Waals surface area (Å²) in [6.07, 6.45) is 2.43. The van der Waals surface area contributed by atoms with Crippen LogP contribution in [-0.4, -0.2) is 55.8 Å². The molecule has 1 aromatic carbocycles. The Hall–Kier alpha value is -0.0300. The fourth-order valence-electron chi connectivity index (χ4n) is 2.41. The first-order valence-electron chi connectivity index (χ1n) is 7.59. The van der Waals surface area contributed by atoms with Crippen molar-refractivity contribution < 1.29 is 0 Å². The molecule has 7 heteroatoms. The third kappa shape index (κ3) is 5.48. The summed E-state index contributed by atoms with van der Waals surface area (Å²) in [6, 6.07) is 10.1. The molecule has 1 atom stereocenters. The summed E-state index contributed by atoms with van der Waals surface area (Å²) >= 11 is 6.46. The Morgan fingerprint density at radius 2 is 1.96 bits per heavy atom. The minimum atomic E-state index is 0.492. The van der Waals surface area contributed by atoms with Gasteiger partial charge in [-0.25, -0.2) is 4.99 Å². The van der Waals surface area contributed by atoms with E-state index in [2.05, 4.69) is 62.0 Å². The second kappa shape index (κ2) is 10.1. The predicted molar refractivity (Wildman–Crippen MR) is 120 cm³/mol. The lowest BCUT2D eigenvalue weighted by molar-refractivity contribution is 0.495. The van der Waals surface area contributed by atoms with Crippen LogP contribution in [0.1, 0.15) is 12.8 Å². The number of aliphatic imine (C=N–C) groups is 2. The fourth-order valence-corrected chi connectivity index (χ4v) is 4.38. The third-order valence-corrected chi connectivity index (χ3v) is 5.94. The van der Waals surface area contributed by atoms with Crippen molar-refractivity contribution in [2.45, 2.75) is 16.9 Å². The zero-order chi connectivity index (χ0) is 16.7. The van der Waals surface area contributed by atoms with E-state index in [1.165, 1.54) is 12.8 Å². The number of guanidine groups is 1. The second-order valence-electron chi connectivity index (χ2n) is 5.18. The van der Waals surface area contributed by atoms with Crippen LogP contribution in [0.5, 0.6) is 0 Å². The van der Waals surface area contributed by atoms with Crippen molar-refractivity contribution in [3.05, 3.63) is 30.3 Å². The van der Waals surface area contributed by atoms with Gasteiger partial charge in [-0.15, -0.1) is 0 Å². The number of nitrogens with zero attached hydrogens (tertiary/aromatic N) is 4. The lowest BCUT2D eigenvalue weighted by Crippen LogP contribution is -2.32. The topological polar surface area (TPSA) is 31.2 Å². The first kappa shape index (κ1) is 19.3. The molecule has 0 aromatic heterocycles. The highest BCUT2D eigenvalue weighted by Gasteiger charge is 2.26. The first-order valence-corrected chi connectivity index (χ1v) is 12.0. The van der Waals surface area contributed by atoms with E-state index in [0.717, 1.165) is 35.7 Å². The average molecular weight is 556 g/mol. The Morgan fingerprint density at radius 3 is 2.52 bits per heavy atom. The quantitative estimate of drug-likeness (QED) is 0.167. The molecule has 0 bridgehead atoms. The maximum absolute atomic E-state index is 4.86. The molecule has 0 aliphatic carbocycles. The monoisotopic (exact) mass is 556 g/mol. The Bertz CT molecular complexity index is 550. The van der Waals surface area contributed by atoms with Crippen LogP contribution >= 0.6 is 56.9 Å². The highest BCUT2D eigenvalue weighted by Crippen LogP contribution is 2.26. The van der Waals surface area contributed by atoms with Crippen molar-refractivity contribution >= 4 is 73.8 Å². The van der Waals surface area contributed by atoms with E-state index in [9.17, 15) is 0 Å². The van der Waals surface area contributed by atoms with Gasteiger partial charge in [0.15, 0.2) is 5.17 Å². The third-order valence-electron chi connectivity index (χ3n) is 3.60. The highest BCUT2D eigenvalue weighted by atomic mass is 127. The van der Waals surface area contributed by atoms with Gasteiger partial charge in [-0.3, -0.25) is 0 Å². The summed E-state index contributed by atoms with van der Waals surface area (Å²) in [5, 5.41) is 1.08. The van der Waals surface area contributed by atoms with Gasteiger partial charge in [0, 0.05) is 25.9 Å². The van der Waals surface area contributed by atoms with Crippen LogP contribution in [0, 0.1) is 0 Å². The molecule has 3 rings (SSSR count). The van der Waals surface area contributed by atoms with Gasteiger partial charge in [0.25, 0.3) is 0 Å². The number of hydrogen-bond acceptors (Lipinski definition) is 2. The second-order valence-corrected chi connectivity index (χ2v) is 7.68. The normalized spacial score (nSPS) is 23.2. The van der Waals surface area contributed by atoms with Gasteiger partial charge in [-0.05, 0) is 29.9 Å². The molecular formula is C16H22I2N4S. The van der Waals surface area contributed by atoms with Crippen molar-refractivity contribution in [3.63, 3.8) is 0 Å². The summed E-state index contributed by atoms with van der Waals surface area (Å²) in [4.78, 5) is 16.2. The van der Waals surface area contributed by atoms with Gasteiger partial charge in [0.05, 0.1) is 9.74 Å². The van der Waals surface area contributed by atoms with E-state index in [1.807, 2.05) is 47.0 Å². The van der Waals surface area contributed by atoms with E-state index in [-0.39, 0.29) is 0 Å². The zero-order valence-electron chi connectivity index (χ0n) is 13.5. The lowest BCUT2D eigenvalue weighted by Gasteiger charge is -2.22. The van der Waals surface area contributed by atoms with E-state index >= 15 is 0 Å². The van der Waals surface area contributed by atoms with Crippen molar-refractivity contribution in [2.75, 3.05) is 30.8 Å². The van der Waals surface area contributed by atoms with Crippen LogP contribution in [0.2, 0.25) is 0 Å². The molecule has 0 saturated carbocycles. The number of rotatable bonds is 1. The molecule has 0 spiro atoms. The molecule has 4 nitrogen and oxygen atoms in total. The number of para-hydroxylation sites is 1. The molecule has 0 amide bonds. The molecule has 0 N–H and O–H groups in total. The Labute approximate surface area is 170 Å². The minimum absolute atomic E-state index is 0.492. The predicted octanol–water partition coefficient (Wildman–Crippen LogP) is 4.62. The number of alkyl halides is 2. The molecule has 2 fully saturated rings. The minimum Gasteiger partial charge on any atom is -0.353 e. The zero-order valence-corrected chi connectivity index (χ0v) is 18.6. The van der Waals surface area contributed by atoms with Crippen LogP contribution in [-0.2, 0) is 0 Å². The van der Waals surface area contributed by atoms with Crippen LogP contribution in [0.15, 0.2) is 40.3 Å². The summed E-state index contributed by atoms with van der Waals surface area (Å²) in [7, 11) is 2.10. The molecule has 1 unspecified atom stereocenters. The summed E-state index contributed by atoms with van der Waals surface area (Å²) in [6.45, 7) is 2.11. The molecule has 1 aromatic rings. The number of halogens is 2. The number of amidine groups is 1. The standard InChI is InChI=1S/C15H19IN4S.CH3I/c1-19-10-11-21-15(19)18-14(20-9-5-8-13(20)16)17-12-6-3-2-4-7-12;1-2/h2-4,6-7,13H,5,8-11H2,1H3;1H3. The van der Waals surface area contributed by atoms with Crippen molar-refractivity contribution in [3.8, 4) is 0 Å². The number of likely N-dealkylation sites (tertiary alicyclic amines) is 1. The van der Waals surface area contributed by atoms with Crippen LogP contribution in [0.25, 0.3) is 0 Å². The lowest BCUT2D eigenvalue weighted by atomic mass is 10.3.